The van der Waals surface area contributed by atoms with Gasteiger partial charge in [0.1, 0.15) is 5.75 Å². The fourth-order valence-electron chi connectivity index (χ4n) is 2.49. The van der Waals surface area contributed by atoms with Gasteiger partial charge in [-0.2, -0.15) is 0 Å². The van der Waals surface area contributed by atoms with E-state index in [1.54, 1.807) is 7.11 Å². The molecule has 0 radical (unpaired) electrons. The molecular weight excluding hydrogens is 224 g/mol. The first kappa shape index (κ1) is 15.0. The molecular formula is C15H26N2O. The van der Waals surface area contributed by atoms with Crippen molar-refractivity contribution in [3.8, 4) is 5.75 Å². The van der Waals surface area contributed by atoms with E-state index in [1.807, 2.05) is 14.1 Å². The third-order valence-corrected chi connectivity index (χ3v) is 3.66. The van der Waals surface area contributed by atoms with Gasteiger partial charge in [-0.1, -0.05) is 6.07 Å². The second kappa shape index (κ2) is 5.72. The van der Waals surface area contributed by atoms with Gasteiger partial charge >= 0.3 is 0 Å². The maximum absolute atomic E-state index is 5.56. The molecule has 3 nitrogen and oxygen atoms in total. The zero-order valence-corrected chi connectivity index (χ0v) is 12.6. The predicted molar refractivity (Wildman–Crippen MR) is 77.4 cm³/mol. The van der Waals surface area contributed by atoms with Crippen molar-refractivity contribution in [3.63, 3.8) is 0 Å². The number of benzene rings is 1. The van der Waals surface area contributed by atoms with E-state index in [1.165, 1.54) is 16.7 Å². The Bertz CT molecular complexity index is 413. The summed E-state index contributed by atoms with van der Waals surface area (Å²) in [6.45, 7) is 8.61. The van der Waals surface area contributed by atoms with Crippen molar-refractivity contribution in [1.82, 2.24) is 10.6 Å². The lowest BCUT2D eigenvalue weighted by Gasteiger charge is -2.36. The Morgan fingerprint density at radius 1 is 1.17 bits per heavy atom. The lowest BCUT2D eigenvalue weighted by Crippen LogP contribution is -2.47. The highest BCUT2D eigenvalue weighted by Crippen LogP contribution is 2.35. The summed E-state index contributed by atoms with van der Waals surface area (Å²) in [4.78, 5) is 0. The summed E-state index contributed by atoms with van der Waals surface area (Å²) in [5, 5.41) is 6.77. The summed E-state index contributed by atoms with van der Waals surface area (Å²) in [7, 11) is 5.71. The Balaban J connectivity index is 3.37. The van der Waals surface area contributed by atoms with E-state index in [4.69, 9.17) is 4.74 Å². The molecule has 1 atom stereocenters. The molecule has 1 aromatic carbocycles. The molecule has 102 valence electrons. The van der Waals surface area contributed by atoms with Crippen LogP contribution in [0, 0.1) is 13.8 Å². The molecule has 3 heteroatoms. The molecule has 0 heterocycles. The summed E-state index contributed by atoms with van der Waals surface area (Å²) >= 11 is 0. The number of likely N-dealkylation sites (N-methyl/N-ethyl adjacent to an activating group) is 2. The number of nitrogens with one attached hydrogen (secondary N) is 2. The van der Waals surface area contributed by atoms with Gasteiger partial charge in [-0.15, -0.1) is 0 Å². The third-order valence-electron chi connectivity index (χ3n) is 3.66. The van der Waals surface area contributed by atoms with E-state index >= 15 is 0 Å². The van der Waals surface area contributed by atoms with Crippen molar-refractivity contribution in [1.29, 1.82) is 0 Å². The Labute approximate surface area is 111 Å². The molecule has 0 aliphatic heterocycles. The van der Waals surface area contributed by atoms with Gasteiger partial charge in [0, 0.05) is 11.1 Å². The van der Waals surface area contributed by atoms with Crippen LogP contribution in [0.5, 0.6) is 5.75 Å². The normalized spacial score (nSPS) is 13.5. The number of hydrogen-bond acceptors (Lipinski definition) is 3. The van der Waals surface area contributed by atoms with Crippen LogP contribution in [-0.4, -0.2) is 26.7 Å². The van der Waals surface area contributed by atoms with E-state index in [0.717, 1.165) is 5.75 Å². The minimum absolute atomic E-state index is 0.0535. The number of rotatable bonds is 5. The van der Waals surface area contributed by atoms with Crippen molar-refractivity contribution >= 4 is 0 Å². The Morgan fingerprint density at radius 3 is 2.22 bits per heavy atom. The fraction of sp³-hybridized carbons (Fsp3) is 0.600. The first-order valence-corrected chi connectivity index (χ1v) is 6.38. The maximum atomic E-state index is 5.56. The van der Waals surface area contributed by atoms with Gasteiger partial charge in [0.25, 0.3) is 0 Å². The number of ether oxygens (including phenoxy) is 1. The van der Waals surface area contributed by atoms with E-state index < -0.39 is 0 Å². The second-order valence-corrected chi connectivity index (χ2v) is 5.39. The van der Waals surface area contributed by atoms with E-state index in [9.17, 15) is 0 Å². The molecule has 0 fully saturated rings. The molecule has 0 aliphatic carbocycles. The minimum atomic E-state index is -0.0535. The largest absolute Gasteiger partial charge is 0.496 e. The minimum Gasteiger partial charge on any atom is -0.496 e. The summed E-state index contributed by atoms with van der Waals surface area (Å²) < 4.78 is 5.56. The summed E-state index contributed by atoms with van der Waals surface area (Å²) in [5.41, 5.74) is 3.66. The van der Waals surface area contributed by atoms with Gasteiger partial charge in [0.05, 0.1) is 13.2 Å². The molecule has 0 saturated heterocycles. The molecule has 0 aromatic heterocycles. The Morgan fingerprint density at radius 2 is 1.78 bits per heavy atom. The van der Waals surface area contributed by atoms with Gasteiger partial charge in [0.15, 0.2) is 0 Å². The topological polar surface area (TPSA) is 33.3 Å². The average molecular weight is 250 g/mol. The smallest absolute Gasteiger partial charge is 0.124 e. The average Bonchev–Trinajstić information content (AvgIpc) is 2.31. The summed E-state index contributed by atoms with van der Waals surface area (Å²) in [6, 6.07) is 4.49. The highest BCUT2D eigenvalue weighted by atomic mass is 16.5. The van der Waals surface area contributed by atoms with Crippen LogP contribution in [0.2, 0.25) is 0 Å². The fourth-order valence-corrected chi connectivity index (χ4v) is 2.49. The first-order valence-electron chi connectivity index (χ1n) is 6.38. The van der Waals surface area contributed by atoms with Crippen molar-refractivity contribution in [3.05, 3.63) is 28.8 Å². The lowest BCUT2D eigenvalue weighted by atomic mass is 9.85. The van der Waals surface area contributed by atoms with Gasteiger partial charge in [-0.05, 0) is 59.0 Å². The van der Waals surface area contributed by atoms with Crippen LogP contribution >= 0.6 is 0 Å². The third kappa shape index (κ3) is 2.85. The lowest BCUT2D eigenvalue weighted by molar-refractivity contribution is 0.299. The van der Waals surface area contributed by atoms with Crippen LogP contribution in [-0.2, 0) is 0 Å². The zero-order valence-electron chi connectivity index (χ0n) is 12.6. The van der Waals surface area contributed by atoms with Crippen molar-refractivity contribution in [2.24, 2.45) is 0 Å². The molecule has 0 spiro atoms. The molecule has 1 aromatic rings. The summed E-state index contributed by atoms with van der Waals surface area (Å²) in [5.74, 6) is 0.954. The quantitative estimate of drug-likeness (QED) is 0.842. The van der Waals surface area contributed by atoms with Gasteiger partial charge < -0.3 is 15.4 Å². The molecule has 2 N–H and O–H groups in total. The van der Waals surface area contributed by atoms with Gasteiger partial charge in [-0.25, -0.2) is 0 Å². The summed E-state index contributed by atoms with van der Waals surface area (Å²) in [6.07, 6.45) is 0. The predicted octanol–water partition coefficient (Wildman–Crippen LogP) is 2.57. The SMILES string of the molecule is CNC(c1c(C)cc(C)cc1OC)C(C)(C)NC. The Hall–Kier alpha value is -1.06. The van der Waals surface area contributed by atoms with Crippen LogP contribution in [0.25, 0.3) is 0 Å². The van der Waals surface area contributed by atoms with Crippen LogP contribution in [0.15, 0.2) is 12.1 Å². The molecule has 0 amide bonds. The first-order chi connectivity index (χ1) is 8.37. The van der Waals surface area contributed by atoms with Crippen LogP contribution in [0.4, 0.5) is 0 Å². The number of hydrogen-bond donors (Lipinski definition) is 2. The van der Waals surface area contributed by atoms with E-state index in [0.29, 0.717) is 0 Å². The van der Waals surface area contributed by atoms with E-state index in [-0.39, 0.29) is 11.6 Å². The maximum Gasteiger partial charge on any atom is 0.124 e. The molecule has 1 unspecified atom stereocenters. The second-order valence-electron chi connectivity index (χ2n) is 5.39. The van der Waals surface area contributed by atoms with E-state index in [2.05, 4.69) is 50.5 Å². The number of aryl methyl sites for hydroxylation is 2. The van der Waals surface area contributed by atoms with Crippen LogP contribution < -0.4 is 15.4 Å². The van der Waals surface area contributed by atoms with Gasteiger partial charge in [0.2, 0.25) is 0 Å². The monoisotopic (exact) mass is 250 g/mol. The molecule has 18 heavy (non-hydrogen) atoms. The molecule has 0 saturated carbocycles. The van der Waals surface area contributed by atoms with Crippen LogP contribution in [0.3, 0.4) is 0 Å². The molecule has 0 bridgehead atoms. The molecule has 0 aliphatic rings. The molecule has 1 rings (SSSR count). The van der Waals surface area contributed by atoms with Crippen molar-refractivity contribution < 1.29 is 4.74 Å². The Kier molecular flexibility index (Phi) is 4.77. The zero-order chi connectivity index (χ0) is 13.9. The highest BCUT2D eigenvalue weighted by Gasteiger charge is 2.31. The standard InChI is InChI=1S/C15H26N2O/c1-10-8-11(2)13(12(9-10)18-7)14(16-5)15(3,4)17-6/h8-9,14,16-17H,1-7H3. The highest BCUT2D eigenvalue weighted by molar-refractivity contribution is 5.46. The van der Waals surface area contributed by atoms with Crippen molar-refractivity contribution in [2.75, 3.05) is 21.2 Å². The van der Waals surface area contributed by atoms with Gasteiger partial charge in [-0.3, -0.25) is 0 Å². The van der Waals surface area contributed by atoms with Crippen LogP contribution in [0.1, 0.15) is 36.6 Å². The van der Waals surface area contributed by atoms with Crippen molar-refractivity contribution in [2.45, 2.75) is 39.3 Å². The number of methoxy groups -OCH3 is 1.